The lowest BCUT2D eigenvalue weighted by Gasteiger charge is -2.21. The third-order valence-corrected chi connectivity index (χ3v) is 2.92. The van der Waals surface area contributed by atoms with Gasteiger partial charge in [0.15, 0.2) is 5.76 Å². The summed E-state index contributed by atoms with van der Waals surface area (Å²) < 4.78 is 4.92. The number of hydrogen-bond donors (Lipinski definition) is 3. The Balaban J connectivity index is 1.93. The largest absolute Gasteiger partial charge is 0.480 e. The number of carbonyl (C=O) groups is 2. The molecule has 1 saturated heterocycles. The van der Waals surface area contributed by atoms with E-state index >= 15 is 0 Å². The van der Waals surface area contributed by atoms with Crippen LogP contribution in [0.25, 0.3) is 0 Å². The lowest BCUT2D eigenvalue weighted by atomic mass is 10.2. The monoisotopic (exact) mass is 269 g/mol. The molecule has 2 heterocycles. The van der Waals surface area contributed by atoms with Crippen LogP contribution >= 0.6 is 0 Å². The predicted molar refractivity (Wildman–Crippen MR) is 62.2 cm³/mol. The van der Waals surface area contributed by atoms with E-state index in [1.165, 1.54) is 0 Å². The second-order valence-electron chi connectivity index (χ2n) is 4.49. The highest BCUT2D eigenvalue weighted by Gasteiger charge is 2.38. The van der Waals surface area contributed by atoms with Gasteiger partial charge in [-0.05, 0) is 6.92 Å². The van der Waals surface area contributed by atoms with Gasteiger partial charge in [0.05, 0.1) is 18.3 Å². The van der Waals surface area contributed by atoms with E-state index in [1.54, 1.807) is 13.0 Å². The molecule has 1 fully saturated rings. The molecule has 19 heavy (non-hydrogen) atoms. The number of carboxylic acid groups (broad SMARTS) is 1. The van der Waals surface area contributed by atoms with Crippen molar-refractivity contribution >= 4 is 12.0 Å². The molecule has 0 unspecified atom stereocenters. The lowest BCUT2D eigenvalue weighted by Crippen LogP contribution is -2.45. The quantitative estimate of drug-likeness (QED) is 0.694. The van der Waals surface area contributed by atoms with Gasteiger partial charge in [-0.15, -0.1) is 0 Å². The molecule has 1 aromatic rings. The Hall–Kier alpha value is -2.09. The molecule has 3 N–H and O–H groups in total. The Morgan fingerprint density at radius 1 is 1.63 bits per heavy atom. The molecule has 1 aliphatic rings. The normalized spacial score (nSPS) is 22.5. The van der Waals surface area contributed by atoms with Crippen molar-refractivity contribution in [3.05, 3.63) is 17.5 Å². The first-order valence-electron chi connectivity index (χ1n) is 5.85. The zero-order valence-electron chi connectivity index (χ0n) is 10.4. The number of carbonyl (C=O) groups excluding carboxylic acids is 1. The van der Waals surface area contributed by atoms with Crippen LogP contribution in [0.4, 0.5) is 4.79 Å². The molecule has 8 nitrogen and oxygen atoms in total. The number of carboxylic acids is 1. The summed E-state index contributed by atoms with van der Waals surface area (Å²) in [6.07, 6.45) is -0.760. The maximum absolute atomic E-state index is 11.9. The van der Waals surface area contributed by atoms with Crippen molar-refractivity contribution in [1.29, 1.82) is 0 Å². The van der Waals surface area contributed by atoms with Gasteiger partial charge >= 0.3 is 12.0 Å². The van der Waals surface area contributed by atoms with Gasteiger partial charge in [0.1, 0.15) is 6.04 Å². The number of amides is 2. The Kier molecular flexibility index (Phi) is 3.70. The van der Waals surface area contributed by atoms with Gasteiger partial charge in [0.2, 0.25) is 0 Å². The number of aliphatic carboxylic acids is 1. The van der Waals surface area contributed by atoms with Gasteiger partial charge in [-0.25, -0.2) is 9.59 Å². The van der Waals surface area contributed by atoms with Crippen LogP contribution in [-0.4, -0.2) is 51.0 Å². The predicted octanol–water partition coefficient (Wildman–Crippen LogP) is -0.288. The zero-order chi connectivity index (χ0) is 14.0. The molecule has 0 spiro atoms. The number of β-amino-alcohol motifs (C(OH)–C–C–N with tert-alkyl or cyclic N) is 1. The van der Waals surface area contributed by atoms with Crippen LogP contribution < -0.4 is 5.32 Å². The Morgan fingerprint density at radius 3 is 2.95 bits per heavy atom. The maximum Gasteiger partial charge on any atom is 0.326 e. The van der Waals surface area contributed by atoms with Gasteiger partial charge in [-0.1, -0.05) is 5.16 Å². The van der Waals surface area contributed by atoms with Crippen LogP contribution in [0.5, 0.6) is 0 Å². The SMILES string of the molecule is Cc1cc(CNC(=O)N2C[C@@H](O)C[C@H]2C(=O)O)on1. The average Bonchev–Trinajstić information content (AvgIpc) is 2.92. The third kappa shape index (κ3) is 3.02. The van der Waals surface area contributed by atoms with E-state index in [9.17, 15) is 14.7 Å². The van der Waals surface area contributed by atoms with E-state index in [0.29, 0.717) is 11.5 Å². The molecule has 0 radical (unpaired) electrons. The number of aromatic nitrogens is 1. The highest BCUT2D eigenvalue weighted by molar-refractivity contribution is 5.83. The number of likely N-dealkylation sites (tertiary alicyclic amines) is 1. The number of nitrogens with zero attached hydrogens (tertiary/aromatic N) is 2. The second-order valence-corrected chi connectivity index (χ2v) is 4.49. The van der Waals surface area contributed by atoms with Crippen molar-refractivity contribution in [2.45, 2.75) is 32.0 Å². The Labute approximate surface area is 109 Å². The molecule has 0 aromatic carbocycles. The number of hydrogen-bond acceptors (Lipinski definition) is 5. The molecular weight excluding hydrogens is 254 g/mol. The molecule has 0 saturated carbocycles. The van der Waals surface area contributed by atoms with Crippen molar-refractivity contribution in [1.82, 2.24) is 15.4 Å². The fourth-order valence-electron chi connectivity index (χ4n) is 2.04. The topological polar surface area (TPSA) is 116 Å². The maximum atomic E-state index is 11.9. The molecule has 1 aromatic heterocycles. The van der Waals surface area contributed by atoms with Gasteiger partial charge in [-0.3, -0.25) is 0 Å². The fourth-order valence-corrected chi connectivity index (χ4v) is 2.04. The molecular formula is C11H15N3O5. The van der Waals surface area contributed by atoms with Crippen LogP contribution in [-0.2, 0) is 11.3 Å². The second kappa shape index (κ2) is 5.27. The first-order valence-corrected chi connectivity index (χ1v) is 5.85. The molecule has 0 bridgehead atoms. The number of urea groups is 1. The van der Waals surface area contributed by atoms with E-state index < -0.39 is 24.1 Å². The minimum atomic E-state index is -1.12. The minimum absolute atomic E-state index is 0.0121. The standard InChI is InChI=1S/C11H15N3O5/c1-6-2-8(19-13-6)4-12-11(18)14-5-7(15)3-9(14)10(16)17/h2,7,9,15H,3-5H2,1H3,(H,12,18)(H,16,17)/t7-,9-/m0/s1. The highest BCUT2D eigenvalue weighted by Crippen LogP contribution is 2.18. The molecule has 2 rings (SSSR count). The van der Waals surface area contributed by atoms with Crippen molar-refractivity contribution in [2.75, 3.05) is 6.54 Å². The highest BCUT2D eigenvalue weighted by atomic mass is 16.5. The molecule has 2 atom stereocenters. The van der Waals surface area contributed by atoms with Gasteiger partial charge in [0.25, 0.3) is 0 Å². The van der Waals surface area contributed by atoms with E-state index in [1.807, 2.05) is 0 Å². The molecule has 0 aliphatic carbocycles. The van der Waals surface area contributed by atoms with E-state index in [-0.39, 0.29) is 19.5 Å². The minimum Gasteiger partial charge on any atom is -0.480 e. The summed E-state index contributed by atoms with van der Waals surface area (Å²) in [5.74, 6) is -0.639. The molecule has 104 valence electrons. The summed E-state index contributed by atoms with van der Waals surface area (Å²) >= 11 is 0. The summed E-state index contributed by atoms with van der Waals surface area (Å²) in [5.41, 5.74) is 0.698. The van der Waals surface area contributed by atoms with Crippen molar-refractivity contribution < 1.29 is 24.3 Å². The first-order chi connectivity index (χ1) is 8.97. The van der Waals surface area contributed by atoms with Crippen LogP contribution in [0.3, 0.4) is 0 Å². The summed E-state index contributed by atoms with van der Waals surface area (Å²) in [6.45, 7) is 1.89. The van der Waals surface area contributed by atoms with Crippen molar-refractivity contribution in [3.8, 4) is 0 Å². The Bertz CT molecular complexity index is 486. The van der Waals surface area contributed by atoms with Crippen molar-refractivity contribution in [2.24, 2.45) is 0 Å². The zero-order valence-corrected chi connectivity index (χ0v) is 10.4. The average molecular weight is 269 g/mol. The third-order valence-electron chi connectivity index (χ3n) is 2.92. The summed E-state index contributed by atoms with van der Waals surface area (Å²) in [7, 11) is 0. The lowest BCUT2D eigenvalue weighted by molar-refractivity contribution is -0.141. The van der Waals surface area contributed by atoms with Crippen molar-refractivity contribution in [3.63, 3.8) is 0 Å². The van der Waals surface area contributed by atoms with Crippen LogP contribution in [0.1, 0.15) is 17.9 Å². The summed E-state index contributed by atoms with van der Waals surface area (Å²) in [6, 6.07) is 0.137. The fraction of sp³-hybridized carbons (Fsp3) is 0.545. The Morgan fingerprint density at radius 2 is 2.37 bits per heavy atom. The number of aliphatic hydroxyl groups is 1. The molecule has 1 aliphatic heterocycles. The molecule has 8 heteroatoms. The van der Waals surface area contributed by atoms with E-state index in [2.05, 4.69) is 10.5 Å². The van der Waals surface area contributed by atoms with Gasteiger partial charge in [0, 0.05) is 19.0 Å². The first kappa shape index (κ1) is 13.3. The van der Waals surface area contributed by atoms with E-state index in [0.717, 1.165) is 4.90 Å². The summed E-state index contributed by atoms with van der Waals surface area (Å²) in [4.78, 5) is 23.9. The number of rotatable bonds is 3. The number of aryl methyl sites for hydroxylation is 1. The van der Waals surface area contributed by atoms with Gasteiger partial charge < -0.3 is 25.0 Å². The van der Waals surface area contributed by atoms with Gasteiger partial charge in [-0.2, -0.15) is 0 Å². The van der Waals surface area contributed by atoms with Crippen LogP contribution in [0, 0.1) is 6.92 Å². The number of nitrogens with one attached hydrogen (secondary N) is 1. The summed E-state index contributed by atoms with van der Waals surface area (Å²) in [5, 5.41) is 24.6. The van der Waals surface area contributed by atoms with Crippen LogP contribution in [0.2, 0.25) is 0 Å². The smallest absolute Gasteiger partial charge is 0.326 e. The van der Waals surface area contributed by atoms with Crippen LogP contribution in [0.15, 0.2) is 10.6 Å². The number of aliphatic hydroxyl groups excluding tert-OH is 1. The molecule has 2 amide bonds. The van der Waals surface area contributed by atoms with E-state index in [4.69, 9.17) is 9.63 Å².